The standard InChI is InChI=1S/C22H15BrO/c23-17-10-12-18(13-11-17)24-22-15-14-19(16-6-2-1-3-7-16)20-8-4-5-9-21(20)22/h1-15H/i1D,2D,3D,6D,7D. The van der Waals surface area contributed by atoms with Gasteiger partial charge in [0.05, 0.1) is 6.85 Å². The summed E-state index contributed by atoms with van der Waals surface area (Å²) >= 11 is 3.40. The average Bonchev–Trinajstić information content (AvgIpc) is 2.74. The van der Waals surface area contributed by atoms with E-state index in [0.29, 0.717) is 17.1 Å². The molecular weight excluding hydrogens is 360 g/mol. The van der Waals surface area contributed by atoms with Crippen LogP contribution in [0, 0.1) is 0 Å². The fourth-order valence-corrected chi connectivity index (χ4v) is 2.86. The van der Waals surface area contributed by atoms with Gasteiger partial charge >= 0.3 is 0 Å². The third kappa shape index (κ3) is 2.93. The summed E-state index contributed by atoms with van der Waals surface area (Å²) in [4.78, 5) is 0. The Balaban J connectivity index is 1.92. The smallest absolute Gasteiger partial charge is 0.135 e. The van der Waals surface area contributed by atoms with Crippen molar-refractivity contribution in [3.63, 3.8) is 0 Å². The van der Waals surface area contributed by atoms with Crippen LogP contribution in [0.5, 0.6) is 11.5 Å². The molecule has 0 aliphatic carbocycles. The van der Waals surface area contributed by atoms with Crippen molar-refractivity contribution in [3.8, 4) is 22.6 Å². The largest absolute Gasteiger partial charge is 0.457 e. The van der Waals surface area contributed by atoms with Gasteiger partial charge in [0.25, 0.3) is 0 Å². The van der Waals surface area contributed by atoms with E-state index < -0.39 is 6.04 Å². The minimum absolute atomic E-state index is 0.183. The fraction of sp³-hybridized carbons (Fsp3) is 0. The SMILES string of the molecule is [2H]c1c([2H])c([2H])c(-c2ccc(Oc3ccc(Br)cc3)c3ccccc23)c([2H])c1[2H]. The first-order valence-corrected chi connectivity index (χ1v) is 8.20. The van der Waals surface area contributed by atoms with Crippen LogP contribution in [0.25, 0.3) is 21.9 Å². The minimum Gasteiger partial charge on any atom is -0.457 e. The molecule has 0 aliphatic heterocycles. The Labute approximate surface area is 156 Å². The van der Waals surface area contributed by atoms with Crippen molar-refractivity contribution in [1.29, 1.82) is 0 Å². The molecule has 0 fully saturated rings. The number of ether oxygens (including phenoxy) is 1. The van der Waals surface area contributed by atoms with E-state index in [0.717, 1.165) is 15.2 Å². The molecule has 2 heteroatoms. The summed E-state index contributed by atoms with van der Waals surface area (Å²) in [5.41, 5.74) is 0.753. The molecule has 0 heterocycles. The minimum atomic E-state index is -0.400. The Hall–Kier alpha value is -2.58. The second-order valence-corrected chi connectivity index (χ2v) is 6.13. The summed E-state index contributed by atoms with van der Waals surface area (Å²) in [7, 11) is 0. The first-order valence-electron chi connectivity index (χ1n) is 9.91. The summed E-state index contributed by atoms with van der Waals surface area (Å²) in [6.07, 6.45) is 0. The van der Waals surface area contributed by atoms with E-state index in [1.54, 1.807) is 12.1 Å². The van der Waals surface area contributed by atoms with Crippen LogP contribution >= 0.6 is 15.9 Å². The molecule has 0 spiro atoms. The van der Waals surface area contributed by atoms with E-state index in [9.17, 15) is 0 Å². The summed E-state index contributed by atoms with van der Waals surface area (Å²) in [6.45, 7) is 0. The zero-order chi connectivity index (χ0) is 20.7. The van der Waals surface area contributed by atoms with E-state index in [1.807, 2.05) is 48.5 Å². The van der Waals surface area contributed by atoms with Gasteiger partial charge < -0.3 is 4.74 Å². The van der Waals surface area contributed by atoms with Gasteiger partial charge in [-0.05, 0) is 46.8 Å². The van der Waals surface area contributed by atoms with Gasteiger partial charge in [0.15, 0.2) is 0 Å². The van der Waals surface area contributed by atoms with Crippen LogP contribution in [-0.2, 0) is 0 Å². The molecule has 4 aromatic carbocycles. The zero-order valence-electron chi connectivity index (χ0n) is 17.6. The van der Waals surface area contributed by atoms with Crippen LogP contribution < -0.4 is 4.74 Å². The van der Waals surface area contributed by atoms with Crippen LogP contribution in [0.2, 0.25) is 0 Å². The Morgan fingerprint density at radius 2 is 1.46 bits per heavy atom. The number of rotatable bonds is 3. The van der Waals surface area contributed by atoms with Crippen molar-refractivity contribution in [2.24, 2.45) is 0 Å². The molecule has 116 valence electrons. The molecule has 4 aromatic rings. The van der Waals surface area contributed by atoms with Crippen LogP contribution in [0.15, 0.2) is 95.3 Å². The molecule has 0 bridgehead atoms. The van der Waals surface area contributed by atoms with Gasteiger partial charge in [0.2, 0.25) is 0 Å². The number of fused-ring (bicyclic) bond motifs is 1. The maximum atomic E-state index is 8.29. The third-order valence-corrected chi connectivity index (χ3v) is 4.22. The number of hydrogen-bond acceptors (Lipinski definition) is 1. The molecule has 0 unspecified atom stereocenters. The van der Waals surface area contributed by atoms with Crippen LogP contribution in [-0.4, -0.2) is 0 Å². The van der Waals surface area contributed by atoms with E-state index in [2.05, 4.69) is 15.9 Å². The second kappa shape index (κ2) is 6.50. The summed E-state index contributed by atoms with van der Waals surface area (Å²) in [5, 5.41) is 1.54. The van der Waals surface area contributed by atoms with E-state index in [4.69, 9.17) is 11.6 Å². The topological polar surface area (TPSA) is 9.23 Å². The second-order valence-electron chi connectivity index (χ2n) is 5.21. The lowest BCUT2D eigenvalue weighted by molar-refractivity contribution is 0.488. The predicted molar refractivity (Wildman–Crippen MR) is 104 cm³/mol. The van der Waals surface area contributed by atoms with Crippen molar-refractivity contribution in [1.82, 2.24) is 0 Å². The van der Waals surface area contributed by atoms with Crippen molar-refractivity contribution < 1.29 is 11.6 Å². The van der Waals surface area contributed by atoms with Gasteiger partial charge in [-0.3, -0.25) is 0 Å². The maximum absolute atomic E-state index is 8.29. The van der Waals surface area contributed by atoms with Gasteiger partial charge in [-0.15, -0.1) is 0 Å². The third-order valence-electron chi connectivity index (χ3n) is 3.69. The highest BCUT2D eigenvalue weighted by Gasteiger charge is 2.09. The van der Waals surface area contributed by atoms with Crippen molar-refractivity contribution >= 4 is 26.7 Å². The molecular formula is C22H15BrO. The normalized spacial score (nSPS) is 13.6. The van der Waals surface area contributed by atoms with Gasteiger partial charge in [-0.25, -0.2) is 0 Å². The van der Waals surface area contributed by atoms with Crippen molar-refractivity contribution in [2.75, 3.05) is 0 Å². The molecule has 0 saturated carbocycles. The number of benzene rings is 4. The predicted octanol–water partition coefficient (Wildman–Crippen LogP) is 7.06. The molecule has 0 amide bonds. The Kier molecular flexibility index (Phi) is 2.79. The average molecular weight is 380 g/mol. The van der Waals surface area contributed by atoms with E-state index in [-0.39, 0.29) is 29.7 Å². The molecule has 0 radical (unpaired) electrons. The lowest BCUT2D eigenvalue weighted by Crippen LogP contribution is -1.88. The summed E-state index contributed by atoms with van der Waals surface area (Å²) in [6, 6.07) is 16.9. The molecule has 0 aliphatic rings. The first-order chi connectivity index (χ1) is 13.9. The van der Waals surface area contributed by atoms with E-state index in [1.165, 1.54) is 0 Å². The zero-order valence-corrected chi connectivity index (χ0v) is 14.1. The van der Waals surface area contributed by atoms with Crippen molar-refractivity contribution in [2.45, 2.75) is 0 Å². The molecule has 24 heavy (non-hydrogen) atoms. The quantitative estimate of drug-likeness (QED) is 0.370. The molecule has 4 rings (SSSR count). The summed E-state index contributed by atoms with van der Waals surface area (Å²) in [5.74, 6) is 1.30. The molecule has 0 saturated heterocycles. The van der Waals surface area contributed by atoms with Gasteiger partial charge in [-0.1, -0.05) is 76.5 Å². The van der Waals surface area contributed by atoms with Crippen LogP contribution in [0.3, 0.4) is 0 Å². The Bertz CT molecular complexity index is 1210. The highest BCUT2D eigenvalue weighted by molar-refractivity contribution is 9.10. The first kappa shape index (κ1) is 10.3. The maximum Gasteiger partial charge on any atom is 0.135 e. The highest BCUT2D eigenvalue weighted by Crippen LogP contribution is 2.36. The van der Waals surface area contributed by atoms with Gasteiger partial charge in [-0.2, -0.15) is 0 Å². The Morgan fingerprint density at radius 3 is 2.21 bits per heavy atom. The van der Waals surface area contributed by atoms with Crippen molar-refractivity contribution in [3.05, 3.63) is 95.3 Å². The molecule has 1 nitrogen and oxygen atoms in total. The van der Waals surface area contributed by atoms with E-state index >= 15 is 0 Å². The molecule has 0 atom stereocenters. The lowest BCUT2D eigenvalue weighted by atomic mass is 9.98. The fourth-order valence-electron chi connectivity index (χ4n) is 2.59. The van der Waals surface area contributed by atoms with Crippen LogP contribution in [0.4, 0.5) is 0 Å². The lowest BCUT2D eigenvalue weighted by Gasteiger charge is -2.13. The molecule has 0 aromatic heterocycles. The van der Waals surface area contributed by atoms with Gasteiger partial charge in [0, 0.05) is 9.86 Å². The highest BCUT2D eigenvalue weighted by atomic mass is 79.9. The van der Waals surface area contributed by atoms with Gasteiger partial charge in [0.1, 0.15) is 11.5 Å². The summed E-state index contributed by atoms with van der Waals surface area (Å²) < 4.78 is 47.3. The monoisotopic (exact) mass is 379 g/mol. The van der Waals surface area contributed by atoms with Crippen LogP contribution in [0.1, 0.15) is 6.85 Å². The number of halogens is 1. The molecule has 0 N–H and O–H groups in total. The number of hydrogen-bond donors (Lipinski definition) is 0. The Morgan fingerprint density at radius 1 is 0.750 bits per heavy atom.